The molecule has 0 fully saturated rings. The van der Waals surface area contributed by atoms with Gasteiger partial charge in [-0.15, -0.1) is 0 Å². The summed E-state index contributed by atoms with van der Waals surface area (Å²) in [6, 6.07) is 7.75. The molecule has 0 saturated heterocycles. The van der Waals surface area contributed by atoms with Crippen LogP contribution < -0.4 is 5.73 Å². The van der Waals surface area contributed by atoms with Gasteiger partial charge in [0.15, 0.2) is 0 Å². The zero-order valence-electron chi connectivity index (χ0n) is 12.6. The van der Waals surface area contributed by atoms with Crippen molar-refractivity contribution >= 4 is 5.91 Å². The Hall–Kier alpha value is -1.87. The van der Waals surface area contributed by atoms with E-state index in [9.17, 15) is 4.79 Å². The summed E-state index contributed by atoms with van der Waals surface area (Å²) in [5.41, 5.74) is 7.29. The van der Waals surface area contributed by atoms with Crippen molar-refractivity contribution in [3.8, 4) is 11.8 Å². The number of amides is 1. The van der Waals surface area contributed by atoms with E-state index < -0.39 is 0 Å². The fourth-order valence-corrected chi connectivity index (χ4v) is 1.62. The minimum Gasteiger partial charge on any atom is -0.382 e. The van der Waals surface area contributed by atoms with Gasteiger partial charge in [0.25, 0.3) is 0 Å². The molecular weight excluding hydrogens is 268 g/mol. The zero-order chi connectivity index (χ0) is 15.5. The van der Waals surface area contributed by atoms with Crippen molar-refractivity contribution in [3.63, 3.8) is 0 Å². The van der Waals surface area contributed by atoms with Crippen LogP contribution in [0.3, 0.4) is 0 Å². The number of nitrogens with two attached hydrogens (primary N) is 1. The van der Waals surface area contributed by atoms with Crippen LogP contribution in [0, 0.1) is 11.8 Å². The molecule has 1 rings (SSSR count). The Morgan fingerprint density at radius 3 is 2.62 bits per heavy atom. The first kappa shape index (κ1) is 17.2. The standard InChI is InChI=1S/C16H22N2O3/c1-18(16(19)13-21-11-10-20-2)12-15-7-5-14(6-8-15)4-3-9-17/h5-8H,9-13,17H2,1-2H3. The van der Waals surface area contributed by atoms with Crippen LogP contribution in [-0.4, -0.2) is 51.3 Å². The molecule has 2 N–H and O–H groups in total. The Morgan fingerprint density at radius 2 is 2.00 bits per heavy atom. The lowest BCUT2D eigenvalue weighted by Crippen LogP contribution is -2.30. The van der Waals surface area contributed by atoms with Crippen LogP contribution in [0.2, 0.25) is 0 Å². The predicted octanol–water partition coefficient (Wildman–Crippen LogP) is 0.618. The van der Waals surface area contributed by atoms with E-state index in [1.165, 1.54) is 0 Å². The molecule has 0 aliphatic heterocycles. The van der Waals surface area contributed by atoms with Crippen LogP contribution in [0.25, 0.3) is 0 Å². The lowest BCUT2D eigenvalue weighted by atomic mass is 10.1. The van der Waals surface area contributed by atoms with Gasteiger partial charge in [-0.1, -0.05) is 24.0 Å². The van der Waals surface area contributed by atoms with Crippen LogP contribution >= 0.6 is 0 Å². The number of rotatable bonds is 7. The van der Waals surface area contributed by atoms with E-state index in [0.717, 1.165) is 11.1 Å². The van der Waals surface area contributed by atoms with Gasteiger partial charge in [0.2, 0.25) is 5.91 Å². The summed E-state index contributed by atoms with van der Waals surface area (Å²) in [6.07, 6.45) is 0. The number of likely N-dealkylation sites (N-methyl/N-ethyl adjacent to an activating group) is 1. The van der Waals surface area contributed by atoms with Crippen LogP contribution in [0.4, 0.5) is 0 Å². The highest BCUT2D eigenvalue weighted by molar-refractivity contribution is 5.77. The van der Waals surface area contributed by atoms with Crippen molar-refractivity contribution in [1.82, 2.24) is 4.90 Å². The number of benzene rings is 1. The van der Waals surface area contributed by atoms with Gasteiger partial charge in [0.05, 0.1) is 19.8 Å². The first-order valence-electron chi connectivity index (χ1n) is 6.76. The summed E-state index contributed by atoms with van der Waals surface area (Å²) in [5, 5.41) is 0. The molecule has 1 aromatic rings. The maximum Gasteiger partial charge on any atom is 0.248 e. The van der Waals surface area contributed by atoms with Crippen LogP contribution in [0.5, 0.6) is 0 Å². The highest BCUT2D eigenvalue weighted by Gasteiger charge is 2.09. The normalized spacial score (nSPS) is 9.86. The monoisotopic (exact) mass is 290 g/mol. The quantitative estimate of drug-likeness (QED) is 0.590. The minimum atomic E-state index is -0.0573. The predicted molar refractivity (Wildman–Crippen MR) is 81.5 cm³/mol. The zero-order valence-corrected chi connectivity index (χ0v) is 12.6. The van der Waals surface area contributed by atoms with E-state index in [1.807, 2.05) is 24.3 Å². The lowest BCUT2D eigenvalue weighted by Gasteiger charge is -2.17. The summed E-state index contributed by atoms with van der Waals surface area (Å²) in [6.45, 7) is 1.87. The third-order valence-electron chi connectivity index (χ3n) is 2.79. The maximum absolute atomic E-state index is 11.8. The second-order valence-electron chi connectivity index (χ2n) is 4.50. The van der Waals surface area contributed by atoms with E-state index in [1.54, 1.807) is 19.1 Å². The van der Waals surface area contributed by atoms with Gasteiger partial charge < -0.3 is 20.1 Å². The summed E-state index contributed by atoms with van der Waals surface area (Å²) >= 11 is 0. The fraction of sp³-hybridized carbons (Fsp3) is 0.438. The lowest BCUT2D eigenvalue weighted by molar-refractivity contribution is -0.135. The second-order valence-corrected chi connectivity index (χ2v) is 4.50. The maximum atomic E-state index is 11.8. The molecule has 1 aromatic carbocycles. The fourth-order valence-electron chi connectivity index (χ4n) is 1.62. The molecule has 0 bridgehead atoms. The van der Waals surface area contributed by atoms with Gasteiger partial charge in [-0.25, -0.2) is 0 Å². The number of methoxy groups -OCH3 is 1. The van der Waals surface area contributed by atoms with E-state index in [4.69, 9.17) is 15.2 Å². The average molecular weight is 290 g/mol. The number of carbonyl (C=O) groups is 1. The molecule has 114 valence electrons. The van der Waals surface area contributed by atoms with Gasteiger partial charge in [0.1, 0.15) is 6.61 Å². The van der Waals surface area contributed by atoms with Crippen molar-refractivity contribution in [3.05, 3.63) is 35.4 Å². The van der Waals surface area contributed by atoms with Crippen molar-refractivity contribution in [1.29, 1.82) is 0 Å². The summed E-state index contributed by atoms with van der Waals surface area (Å²) in [7, 11) is 3.35. The highest BCUT2D eigenvalue weighted by Crippen LogP contribution is 2.06. The van der Waals surface area contributed by atoms with Crippen molar-refractivity contribution < 1.29 is 14.3 Å². The third kappa shape index (κ3) is 6.91. The Kier molecular flexibility index (Phi) is 8.14. The Morgan fingerprint density at radius 1 is 1.29 bits per heavy atom. The highest BCUT2D eigenvalue weighted by atomic mass is 16.5. The SMILES string of the molecule is COCCOCC(=O)N(C)Cc1ccc(C#CCN)cc1. The summed E-state index contributed by atoms with van der Waals surface area (Å²) in [5.74, 6) is 5.71. The molecule has 0 heterocycles. The first-order valence-corrected chi connectivity index (χ1v) is 6.76. The largest absolute Gasteiger partial charge is 0.382 e. The second kappa shape index (κ2) is 9.94. The molecule has 21 heavy (non-hydrogen) atoms. The number of hydrogen-bond donors (Lipinski definition) is 1. The molecule has 0 aliphatic rings. The third-order valence-corrected chi connectivity index (χ3v) is 2.79. The summed E-state index contributed by atoms with van der Waals surface area (Å²) in [4.78, 5) is 13.5. The topological polar surface area (TPSA) is 64.8 Å². The molecule has 0 aliphatic carbocycles. The number of nitrogens with zero attached hydrogens (tertiary/aromatic N) is 1. The van der Waals surface area contributed by atoms with Gasteiger partial charge in [-0.2, -0.15) is 0 Å². The molecule has 0 saturated carbocycles. The van der Waals surface area contributed by atoms with E-state index in [-0.39, 0.29) is 12.5 Å². The number of carbonyl (C=O) groups excluding carboxylic acids is 1. The van der Waals surface area contributed by atoms with Gasteiger partial charge in [0, 0.05) is 26.3 Å². The molecule has 5 nitrogen and oxygen atoms in total. The van der Waals surface area contributed by atoms with Gasteiger partial charge >= 0.3 is 0 Å². The van der Waals surface area contributed by atoms with Crippen LogP contribution in [0.1, 0.15) is 11.1 Å². The van der Waals surface area contributed by atoms with Crippen LogP contribution in [-0.2, 0) is 20.8 Å². The first-order chi connectivity index (χ1) is 10.2. The van der Waals surface area contributed by atoms with E-state index in [2.05, 4.69) is 11.8 Å². The van der Waals surface area contributed by atoms with E-state index in [0.29, 0.717) is 26.3 Å². The molecule has 1 amide bonds. The smallest absolute Gasteiger partial charge is 0.248 e. The molecule has 0 aromatic heterocycles. The van der Waals surface area contributed by atoms with Crippen molar-refractivity contribution in [2.24, 2.45) is 5.73 Å². The Labute approximate surface area is 126 Å². The Balaban J connectivity index is 2.43. The molecule has 0 spiro atoms. The molecule has 5 heteroatoms. The average Bonchev–Trinajstić information content (AvgIpc) is 2.50. The van der Waals surface area contributed by atoms with Crippen LogP contribution in [0.15, 0.2) is 24.3 Å². The number of hydrogen-bond acceptors (Lipinski definition) is 4. The molecular formula is C16H22N2O3. The van der Waals surface area contributed by atoms with Gasteiger partial charge in [-0.3, -0.25) is 4.79 Å². The van der Waals surface area contributed by atoms with E-state index >= 15 is 0 Å². The molecule has 0 radical (unpaired) electrons. The van der Waals surface area contributed by atoms with Crippen molar-refractivity contribution in [2.45, 2.75) is 6.54 Å². The van der Waals surface area contributed by atoms with Gasteiger partial charge in [-0.05, 0) is 17.7 Å². The summed E-state index contributed by atoms with van der Waals surface area (Å²) < 4.78 is 10.1. The molecule has 0 unspecified atom stereocenters. The van der Waals surface area contributed by atoms with Crippen molar-refractivity contribution in [2.75, 3.05) is 40.5 Å². The molecule has 0 atom stereocenters. The Bertz CT molecular complexity index is 488. The number of ether oxygens (including phenoxy) is 2. The minimum absolute atomic E-state index is 0.0573.